The van der Waals surface area contributed by atoms with Crippen molar-refractivity contribution in [1.29, 1.82) is 0 Å². The normalized spacial score (nSPS) is 11.4. The van der Waals surface area contributed by atoms with Gasteiger partial charge in [0, 0.05) is 4.47 Å². The van der Waals surface area contributed by atoms with Gasteiger partial charge in [0.15, 0.2) is 0 Å². The molecule has 0 unspecified atom stereocenters. The predicted octanol–water partition coefficient (Wildman–Crippen LogP) is 2.91. The van der Waals surface area contributed by atoms with Gasteiger partial charge in [-0.1, -0.05) is 12.1 Å². The van der Waals surface area contributed by atoms with Gasteiger partial charge in [-0.25, -0.2) is 4.79 Å². The van der Waals surface area contributed by atoms with Crippen LogP contribution in [0.25, 0.3) is 0 Å². The van der Waals surface area contributed by atoms with Crippen LogP contribution in [0.15, 0.2) is 22.7 Å². The van der Waals surface area contributed by atoms with Crippen LogP contribution in [0.5, 0.6) is 0 Å². The Balaban J connectivity index is 3.07. The third-order valence-electron chi connectivity index (χ3n) is 2.12. The Kier molecular flexibility index (Phi) is 4.71. The molecule has 0 atom stereocenters. The number of nitrogens with two attached hydrogens (primary N) is 1. The third-order valence-corrected chi connectivity index (χ3v) is 2.78. The second-order valence-corrected chi connectivity index (χ2v) is 5.67. The van der Waals surface area contributed by atoms with Crippen LogP contribution in [0.1, 0.15) is 36.7 Å². The first kappa shape index (κ1) is 14.2. The van der Waals surface area contributed by atoms with Gasteiger partial charge < -0.3 is 10.5 Å². The Morgan fingerprint density at radius 3 is 2.59 bits per heavy atom. The number of hydrogen-bond acceptors (Lipinski definition) is 3. The molecule has 94 valence electrons. The van der Waals surface area contributed by atoms with Gasteiger partial charge in [0.1, 0.15) is 5.60 Å². The Bertz CT molecular complexity index is 410. The minimum absolute atomic E-state index is 0.312. The molecule has 0 aliphatic rings. The second-order valence-electron chi connectivity index (χ2n) is 4.81. The lowest BCUT2D eigenvalue weighted by Crippen LogP contribution is -2.25. The third kappa shape index (κ3) is 4.13. The Labute approximate surface area is 110 Å². The molecule has 0 amide bonds. The van der Waals surface area contributed by atoms with Crippen LogP contribution in [-0.4, -0.2) is 18.1 Å². The van der Waals surface area contributed by atoms with Crippen LogP contribution < -0.4 is 5.73 Å². The first-order valence-electron chi connectivity index (χ1n) is 5.56. The molecule has 0 aromatic heterocycles. The van der Waals surface area contributed by atoms with Gasteiger partial charge in [0.25, 0.3) is 0 Å². The van der Waals surface area contributed by atoms with Gasteiger partial charge in [-0.2, -0.15) is 0 Å². The highest BCUT2D eigenvalue weighted by Gasteiger charge is 2.22. The van der Waals surface area contributed by atoms with Gasteiger partial charge in [-0.15, -0.1) is 0 Å². The molecular formula is C13H18BrNO2. The van der Waals surface area contributed by atoms with Crippen LogP contribution in [0.2, 0.25) is 0 Å². The zero-order valence-electron chi connectivity index (χ0n) is 10.4. The smallest absolute Gasteiger partial charge is 0.340 e. The highest BCUT2D eigenvalue weighted by atomic mass is 79.9. The van der Waals surface area contributed by atoms with Crippen molar-refractivity contribution in [3.05, 3.63) is 33.8 Å². The molecule has 1 rings (SSSR count). The highest BCUT2D eigenvalue weighted by Crippen LogP contribution is 2.24. The maximum absolute atomic E-state index is 12.1. The first-order valence-corrected chi connectivity index (χ1v) is 6.35. The van der Waals surface area contributed by atoms with E-state index < -0.39 is 5.60 Å². The van der Waals surface area contributed by atoms with E-state index >= 15 is 0 Å². The molecule has 0 saturated carbocycles. The number of ether oxygens (including phenoxy) is 1. The molecule has 0 radical (unpaired) electrons. The maximum atomic E-state index is 12.1. The number of rotatable bonds is 3. The van der Waals surface area contributed by atoms with E-state index in [1.165, 1.54) is 0 Å². The van der Waals surface area contributed by atoms with Crippen LogP contribution in [0.3, 0.4) is 0 Å². The summed E-state index contributed by atoms with van der Waals surface area (Å²) < 4.78 is 6.13. The molecule has 0 bridgehead atoms. The van der Waals surface area contributed by atoms with Gasteiger partial charge in [0.05, 0.1) is 5.56 Å². The molecule has 1 aromatic rings. The lowest BCUT2D eigenvalue weighted by molar-refractivity contribution is 0.00673. The van der Waals surface area contributed by atoms with Crippen molar-refractivity contribution >= 4 is 21.9 Å². The van der Waals surface area contributed by atoms with Crippen molar-refractivity contribution in [2.75, 3.05) is 6.54 Å². The summed E-state index contributed by atoms with van der Waals surface area (Å²) in [5.74, 6) is -0.312. The quantitative estimate of drug-likeness (QED) is 0.873. The van der Waals surface area contributed by atoms with E-state index in [9.17, 15) is 4.79 Å². The van der Waals surface area contributed by atoms with E-state index in [-0.39, 0.29) is 5.97 Å². The maximum Gasteiger partial charge on any atom is 0.340 e. The van der Waals surface area contributed by atoms with Crippen LogP contribution >= 0.6 is 15.9 Å². The zero-order valence-corrected chi connectivity index (χ0v) is 12.0. The molecule has 17 heavy (non-hydrogen) atoms. The van der Waals surface area contributed by atoms with Crippen LogP contribution in [-0.2, 0) is 11.2 Å². The molecular weight excluding hydrogens is 282 g/mol. The van der Waals surface area contributed by atoms with Crippen LogP contribution in [0.4, 0.5) is 0 Å². The summed E-state index contributed by atoms with van der Waals surface area (Å²) in [6.45, 7) is 6.06. The summed E-state index contributed by atoms with van der Waals surface area (Å²) in [6.07, 6.45) is 0.661. The average molecular weight is 300 g/mol. The van der Waals surface area contributed by atoms with E-state index in [1.54, 1.807) is 0 Å². The Hall–Kier alpha value is -0.870. The lowest BCUT2D eigenvalue weighted by atomic mass is 10.0. The van der Waals surface area contributed by atoms with Gasteiger partial charge in [0.2, 0.25) is 0 Å². The van der Waals surface area contributed by atoms with Crippen molar-refractivity contribution in [1.82, 2.24) is 0 Å². The number of esters is 1. The van der Waals surface area contributed by atoms with Crippen LogP contribution in [0, 0.1) is 0 Å². The van der Waals surface area contributed by atoms with E-state index in [4.69, 9.17) is 10.5 Å². The minimum atomic E-state index is -0.494. The van der Waals surface area contributed by atoms with E-state index in [0.717, 1.165) is 10.0 Å². The number of halogens is 1. The summed E-state index contributed by atoms with van der Waals surface area (Å²) in [5, 5.41) is 0. The summed E-state index contributed by atoms with van der Waals surface area (Å²) in [4.78, 5) is 12.1. The summed E-state index contributed by atoms with van der Waals surface area (Å²) in [7, 11) is 0. The minimum Gasteiger partial charge on any atom is -0.456 e. The largest absolute Gasteiger partial charge is 0.456 e. The second kappa shape index (κ2) is 5.65. The topological polar surface area (TPSA) is 52.3 Å². The fourth-order valence-electron chi connectivity index (χ4n) is 1.49. The average Bonchev–Trinajstić information content (AvgIpc) is 2.15. The predicted molar refractivity (Wildman–Crippen MR) is 72.1 cm³/mol. The molecule has 2 N–H and O–H groups in total. The number of hydrogen-bond donors (Lipinski definition) is 1. The molecule has 0 saturated heterocycles. The highest BCUT2D eigenvalue weighted by molar-refractivity contribution is 9.10. The van der Waals surface area contributed by atoms with E-state index in [2.05, 4.69) is 15.9 Å². The summed E-state index contributed by atoms with van der Waals surface area (Å²) in [6, 6.07) is 5.62. The molecule has 1 aromatic carbocycles. The summed E-state index contributed by atoms with van der Waals surface area (Å²) >= 11 is 3.38. The van der Waals surface area contributed by atoms with Crippen molar-refractivity contribution in [2.24, 2.45) is 5.73 Å². The number of benzene rings is 1. The molecule has 0 aliphatic heterocycles. The molecule has 0 heterocycles. The molecule has 4 heteroatoms. The SMILES string of the molecule is CC(C)(C)OC(=O)c1c(Br)cccc1CCN. The van der Waals surface area contributed by atoms with Crippen molar-refractivity contribution < 1.29 is 9.53 Å². The molecule has 0 fully saturated rings. The lowest BCUT2D eigenvalue weighted by Gasteiger charge is -2.21. The van der Waals surface area contributed by atoms with E-state index in [1.807, 2.05) is 39.0 Å². The van der Waals surface area contributed by atoms with Gasteiger partial charge in [-0.05, 0) is 61.3 Å². The van der Waals surface area contributed by atoms with Gasteiger partial charge in [-0.3, -0.25) is 0 Å². The molecule has 3 nitrogen and oxygen atoms in total. The Morgan fingerprint density at radius 2 is 2.06 bits per heavy atom. The molecule has 0 spiro atoms. The number of carbonyl (C=O) groups excluding carboxylic acids is 1. The fourth-order valence-corrected chi connectivity index (χ4v) is 2.06. The van der Waals surface area contributed by atoms with E-state index in [0.29, 0.717) is 18.5 Å². The number of carbonyl (C=O) groups is 1. The van der Waals surface area contributed by atoms with Gasteiger partial charge >= 0.3 is 5.97 Å². The van der Waals surface area contributed by atoms with Crippen molar-refractivity contribution in [2.45, 2.75) is 32.8 Å². The van der Waals surface area contributed by atoms with Crippen molar-refractivity contribution in [3.63, 3.8) is 0 Å². The first-order chi connectivity index (χ1) is 7.85. The fraction of sp³-hybridized carbons (Fsp3) is 0.462. The monoisotopic (exact) mass is 299 g/mol. The van der Waals surface area contributed by atoms with Crippen molar-refractivity contribution in [3.8, 4) is 0 Å². The Morgan fingerprint density at radius 1 is 1.41 bits per heavy atom. The summed E-state index contributed by atoms with van der Waals surface area (Å²) in [5.41, 5.74) is 6.54. The molecule has 0 aliphatic carbocycles. The zero-order chi connectivity index (χ0) is 13.1. The standard InChI is InChI=1S/C13H18BrNO2/c1-13(2,3)17-12(16)11-9(7-8-15)5-4-6-10(11)14/h4-6H,7-8,15H2,1-3H3.